The number of benzene rings is 2. The smallest absolute Gasteiger partial charge is 0.339 e. The molecule has 26 heavy (non-hydrogen) atoms. The average Bonchev–Trinajstić information content (AvgIpc) is 2.93. The van der Waals surface area contributed by atoms with Crippen molar-refractivity contribution in [3.63, 3.8) is 0 Å². The van der Waals surface area contributed by atoms with E-state index < -0.39 is 5.60 Å². The first-order valence-electron chi connectivity index (χ1n) is 8.90. The maximum Gasteiger partial charge on any atom is 0.339 e. The third kappa shape index (κ3) is 2.64. The Morgan fingerprint density at radius 2 is 1.96 bits per heavy atom. The van der Waals surface area contributed by atoms with Crippen LogP contribution in [0.5, 0.6) is 0 Å². The Labute approximate surface area is 153 Å². The highest BCUT2D eigenvalue weighted by molar-refractivity contribution is 5.97. The minimum atomic E-state index is -0.708. The number of carbonyl (C=O) groups excluding carboxylic acids is 2. The molecule has 0 aliphatic carbocycles. The third-order valence-electron chi connectivity index (χ3n) is 5.28. The van der Waals surface area contributed by atoms with Gasteiger partial charge in [0.15, 0.2) is 5.60 Å². The number of amides is 1. The molecular weight excluding hydrogens is 328 g/mol. The highest BCUT2D eigenvalue weighted by atomic mass is 16.6. The monoisotopic (exact) mass is 350 g/mol. The fourth-order valence-corrected chi connectivity index (χ4v) is 3.94. The fourth-order valence-electron chi connectivity index (χ4n) is 3.94. The van der Waals surface area contributed by atoms with Gasteiger partial charge in [0.05, 0.1) is 12.1 Å². The number of fused-ring (bicyclic) bond motifs is 2. The number of anilines is 1. The molecule has 5 heteroatoms. The number of rotatable bonds is 2. The number of hydrogen-bond acceptors (Lipinski definition) is 4. The van der Waals surface area contributed by atoms with Crippen LogP contribution in [-0.2, 0) is 10.3 Å². The van der Waals surface area contributed by atoms with Crippen LogP contribution in [0.4, 0.5) is 5.69 Å². The van der Waals surface area contributed by atoms with E-state index in [1.54, 1.807) is 6.07 Å². The quantitative estimate of drug-likeness (QED) is 0.781. The summed E-state index contributed by atoms with van der Waals surface area (Å²) in [6, 6.07) is 15.1. The zero-order chi connectivity index (χ0) is 18.3. The molecule has 1 amide bonds. The van der Waals surface area contributed by atoms with Crippen molar-refractivity contribution in [2.75, 3.05) is 32.1 Å². The van der Waals surface area contributed by atoms with Crippen molar-refractivity contribution < 1.29 is 14.3 Å². The molecule has 0 N–H and O–H groups in total. The lowest BCUT2D eigenvalue weighted by Gasteiger charge is -2.39. The second-order valence-electron chi connectivity index (χ2n) is 7.20. The molecular formula is C21H22N2O3. The van der Waals surface area contributed by atoms with Gasteiger partial charge < -0.3 is 14.5 Å². The van der Waals surface area contributed by atoms with Crippen LogP contribution in [0.2, 0.25) is 0 Å². The number of esters is 1. The lowest BCUT2D eigenvalue weighted by Crippen LogP contribution is -2.48. The van der Waals surface area contributed by atoms with Crippen molar-refractivity contribution in [2.45, 2.75) is 18.4 Å². The highest BCUT2D eigenvalue weighted by Crippen LogP contribution is 2.43. The minimum absolute atomic E-state index is 0.0202. The Kier molecular flexibility index (Phi) is 3.94. The van der Waals surface area contributed by atoms with Gasteiger partial charge in [0.25, 0.3) is 5.91 Å². The van der Waals surface area contributed by atoms with Gasteiger partial charge in [-0.15, -0.1) is 0 Å². The van der Waals surface area contributed by atoms with Gasteiger partial charge in [-0.25, -0.2) is 4.79 Å². The van der Waals surface area contributed by atoms with Crippen molar-refractivity contribution in [2.24, 2.45) is 0 Å². The summed E-state index contributed by atoms with van der Waals surface area (Å²) in [6.07, 6.45) is 1.55. The van der Waals surface area contributed by atoms with Gasteiger partial charge in [0.1, 0.15) is 0 Å². The van der Waals surface area contributed by atoms with E-state index in [9.17, 15) is 9.59 Å². The molecule has 1 fully saturated rings. The molecule has 1 saturated heterocycles. The Morgan fingerprint density at radius 3 is 2.77 bits per heavy atom. The molecule has 2 aliphatic rings. The maximum absolute atomic E-state index is 13.1. The zero-order valence-corrected chi connectivity index (χ0v) is 15.1. The molecule has 4 rings (SSSR count). The van der Waals surface area contributed by atoms with Crippen LogP contribution >= 0.6 is 0 Å². The molecule has 2 heterocycles. The minimum Gasteiger partial charge on any atom is -0.449 e. The first kappa shape index (κ1) is 16.6. The summed E-state index contributed by atoms with van der Waals surface area (Å²) in [6.45, 7) is 1.08. The van der Waals surface area contributed by atoms with E-state index in [0.717, 1.165) is 24.1 Å². The maximum atomic E-state index is 13.1. The van der Waals surface area contributed by atoms with Gasteiger partial charge in [-0.3, -0.25) is 4.79 Å². The van der Waals surface area contributed by atoms with Crippen molar-refractivity contribution in [1.29, 1.82) is 0 Å². The zero-order valence-electron chi connectivity index (χ0n) is 15.1. The third-order valence-corrected chi connectivity index (χ3v) is 5.28. The second-order valence-corrected chi connectivity index (χ2v) is 7.20. The normalized spacial score (nSPS) is 21.5. The molecule has 0 bridgehead atoms. The van der Waals surface area contributed by atoms with Crippen LogP contribution in [0.1, 0.15) is 39.1 Å². The Morgan fingerprint density at radius 1 is 1.15 bits per heavy atom. The second kappa shape index (κ2) is 6.16. The summed E-state index contributed by atoms with van der Waals surface area (Å²) in [5.74, 6) is -0.308. The van der Waals surface area contributed by atoms with E-state index in [1.165, 1.54) is 0 Å². The number of likely N-dealkylation sites (tertiary alicyclic amines) is 1. The average molecular weight is 350 g/mol. The van der Waals surface area contributed by atoms with Crippen LogP contribution in [-0.4, -0.2) is 44.0 Å². The fraction of sp³-hybridized carbons (Fsp3) is 0.333. The molecule has 134 valence electrons. The van der Waals surface area contributed by atoms with Crippen molar-refractivity contribution >= 4 is 17.6 Å². The van der Waals surface area contributed by atoms with Gasteiger partial charge in [0.2, 0.25) is 0 Å². The van der Waals surface area contributed by atoms with Gasteiger partial charge >= 0.3 is 5.97 Å². The summed E-state index contributed by atoms with van der Waals surface area (Å²) >= 11 is 0. The Bertz CT molecular complexity index is 877. The molecule has 2 aromatic carbocycles. The Balaban J connectivity index is 1.63. The van der Waals surface area contributed by atoms with Crippen LogP contribution in [0, 0.1) is 0 Å². The molecule has 0 aromatic heterocycles. The standard InChI is InChI=1S/C21H22N2O3/c1-22(2)16-8-5-7-15(13-16)19(24)23-12-6-11-21(14-23)18-10-4-3-9-17(18)20(25)26-21/h3-5,7-10,13H,6,11-12,14H2,1-2H3. The number of ether oxygens (including phenoxy) is 1. The first-order valence-corrected chi connectivity index (χ1v) is 8.90. The first-order chi connectivity index (χ1) is 12.5. The molecule has 5 nitrogen and oxygen atoms in total. The molecule has 1 unspecified atom stereocenters. The van der Waals surface area contributed by atoms with Crippen LogP contribution in [0.15, 0.2) is 48.5 Å². The highest BCUT2D eigenvalue weighted by Gasteiger charge is 2.48. The summed E-state index contributed by atoms with van der Waals surface area (Å²) in [5, 5.41) is 0. The van der Waals surface area contributed by atoms with E-state index in [1.807, 2.05) is 66.4 Å². The van der Waals surface area contributed by atoms with Gasteiger partial charge in [-0.1, -0.05) is 24.3 Å². The lowest BCUT2D eigenvalue weighted by molar-refractivity contribution is -0.0442. The Hall–Kier alpha value is -2.82. The predicted octanol–water partition coefficient (Wildman–Crippen LogP) is 3.05. The molecule has 2 aromatic rings. The lowest BCUT2D eigenvalue weighted by atomic mass is 9.85. The van der Waals surface area contributed by atoms with Gasteiger partial charge in [-0.05, 0) is 37.1 Å². The van der Waals surface area contributed by atoms with E-state index >= 15 is 0 Å². The molecule has 1 spiro atoms. The van der Waals surface area contributed by atoms with Gasteiger partial charge in [-0.2, -0.15) is 0 Å². The molecule has 2 aliphatic heterocycles. The number of hydrogen-bond donors (Lipinski definition) is 0. The van der Waals surface area contributed by atoms with Crippen LogP contribution in [0.3, 0.4) is 0 Å². The van der Waals surface area contributed by atoms with E-state index in [2.05, 4.69) is 0 Å². The molecule has 1 atom stereocenters. The predicted molar refractivity (Wildman–Crippen MR) is 99.4 cm³/mol. The SMILES string of the molecule is CN(C)c1cccc(C(=O)N2CCCC3(C2)OC(=O)c2ccccc23)c1. The summed E-state index contributed by atoms with van der Waals surface area (Å²) in [5.41, 5.74) is 2.47. The van der Waals surface area contributed by atoms with Crippen LogP contribution in [0.25, 0.3) is 0 Å². The summed E-state index contributed by atoms with van der Waals surface area (Å²) < 4.78 is 5.80. The van der Waals surface area contributed by atoms with Crippen molar-refractivity contribution in [3.8, 4) is 0 Å². The van der Waals surface area contributed by atoms with E-state index in [-0.39, 0.29) is 11.9 Å². The van der Waals surface area contributed by atoms with Crippen LogP contribution < -0.4 is 4.90 Å². The summed E-state index contributed by atoms with van der Waals surface area (Å²) in [4.78, 5) is 29.1. The largest absolute Gasteiger partial charge is 0.449 e. The number of piperidine rings is 1. The van der Waals surface area contributed by atoms with Crippen molar-refractivity contribution in [3.05, 3.63) is 65.2 Å². The van der Waals surface area contributed by atoms with Crippen molar-refractivity contribution in [1.82, 2.24) is 4.90 Å². The molecule has 0 radical (unpaired) electrons. The number of carbonyl (C=O) groups is 2. The molecule has 0 saturated carbocycles. The summed E-state index contributed by atoms with van der Waals surface area (Å²) in [7, 11) is 3.91. The number of nitrogens with zero attached hydrogens (tertiary/aromatic N) is 2. The van der Waals surface area contributed by atoms with E-state index in [4.69, 9.17) is 4.74 Å². The topological polar surface area (TPSA) is 49.9 Å². The van der Waals surface area contributed by atoms with E-state index in [0.29, 0.717) is 24.2 Å². The van der Waals surface area contributed by atoms with Gasteiger partial charge in [0, 0.05) is 37.5 Å².